The van der Waals surface area contributed by atoms with E-state index in [1.807, 2.05) is 0 Å². The van der Waals surface area contributed by atoms with E-state index >= 15 is 0 Å². The van der Waals surface area contributed by atoms with E-state index in [4.69, 9.17) is 15.8 Å². The minimum atomic E-state index is -0.407. The Balaban J connectivity index is 2.51. The summed E-state index contributed by atoms with van der Waals surface area (Å²) in [4.78, 5) is 11.0. The number of carbonyl (C=O) groups excluding carboxylic acids is 1. The van der Waals surface area contributed by atoms with Crippen molar-refractivity contribution in [2.24, 2.45) is 5.92 Å². The summed E-state index contributed by atoms with van der Waals surface area (Å²) in [5, 5.41) is -0.259. The molecule has 64 valence electrons. The van der Waals surface area contributed by atoms with Gasteiger partial charge in [0.05, 0.1) is 0 Å². The molecule has 1 N–H and O–H groups in total. The van der Waals surface area contributed by atoms with Crippen LogP contribution in [-0.2, 0) is 4.79 Å². The molecule has 0 aromatic heterocycles. The Kier molecular flexibility index (Phi) is 3.86. The van der Waals surface area contributed by atoms with Crippen LogP contribution in [0, 0.1) is 5.92 Å². The van der Waals surface area contributed by atoms with Gasteiger partial charge in [-0.15, -0.1) is 0 Å². The van der Waals surface area contributed by atoms with Crippen LogP contribution in [0.1, 0.15) is 25.7 Å². The van der Waals surface area contributed by atoms with Crippen molar-refractivity contribution < 1.29 is 8.98 Å². The molecule has 1 rings (SSSR count). The van der Waals surface area contributed by atoms with Crippen molar-refractivity contribution in [3.63, 3.8) is 0 Å². The van der Waals surface area contributed by atoms with Gasteiger partial charge in [0.1, 0.15) is 0 Å². The molecule has 1 saturated carbocycles. The first-order valence-electron chi connectivity index (χ1n) is 3.75. The van der Waals surface area contributed by atoms with Gasteiger partial charge in [-0.3, -0.25) is 0 Å². The molecular weight excluding hydrogens is 230 g/mol. The zero-order valence-electron chi connectivity index (χ0n) is 6.12. The van der Waals surface area contributed by atoms with Crippen LogP contribution < -0.4 is 0 Å². The van der Waals surface area contributed by atoms with E-state index in [0.717, 1.165) is 25.7 Å². The molecule has 11 heavy (non-hydrogen) atoms. The molecule has 2 nitrogen and oxygen atoms in total. The predicted molar refractivity (Wildman–Crippen MR) is 44.5 cm³/mol. The van der Waals surface area contributed by atoms with Crippen molar-refractivity contribution in [1.29, 1.82) is 0 Å². The molecule has 0 saturated heterocycles. The number of halogens is 1. The van der Waals surface area contributed by atoms with Gasteiger partial charge in [-0.1, -0.05) is 0 Å². The molecule has 0 aliphatic heterocycles. The molecule has 0 spiro atoms. The maximum atomic E-state index is 10.8. The van der Waals surface area contributed by atoms with Gasteiger partial charge in [0, 0.05) is 0 Å². The fourth-order valence-corrected chi connectivity index (χ4v) is 3.34. The van der Waals surface area contributed by atoms with Gasteiger partial charge < -0.3 is 0 Å². The van der Waals surface area contributed by atoms with Crippen LogP contribution in [0.5, 0.6) is 0 Å². The quantitative estimate of drug-likeness (QED) is 0.585. The Morgan fingerprint density at radius 1 is 1.45 bits per heavy atom. The minimum absolute atomic E-state index is 0.0598. The molecule has 0 aromatic carbocycles. The first kappa shape index (κ1) is 9.53. The van der Waals surface area contributed by atoms with Crippen LogP contribution in [0.25, 0.3) is 0 Å². The monoisotopic (exact) mass is 242 g/mol. The second kappa shape index (κ2) is 4.46. The second-order valence-corrected chi connectivity index (χ2v) is 4.92. The van der Waals surface area contributed by atoms with E-state index < -0.39 is 15.3 Å². The molecule has 0 heterocycles. The van der Waals surface area contributed by atoms with Crippen molar-refractivity contribution in [1.82, 2.24) is 0 Å². The van der Waals surface area contributed by atoms with Crippen LogP contribution in [0.4, 0.5) is 0 Å². The second-order valence-electron chi connectivity index (χ2n) is 2.84. The fourth-order valence-electron chi connectivity index (χ4n) is 1.48. The summed E-state index contributed by atoms with van der Waals surface area (Å²) in [7, 11) is 0. The normalized spacial score (nSPS) is 31.8. The Morgan fingerprint density at radius 3 is 2.55 bits per heavy atom. The number of rotatable bonds is 2. The molecule has 0 bridgehead atoms. The molecule has 4 heteroatoms. The van der Waals surface area contributed by atoms with E-state index in [1.54, 1.807) is 0 Å². The Bertz CT molecular complexity index is 151. The van der Waals surface area contributed by atoms with E-state index in [0.29, 0.717) is 0 Å². The summed E-state index contributed by atoms with van der Waals surface area (Å²) < 4.78 is 8.96. The van der Waals surface area contributed by atoms with Gasteiger partial charge in [0.2, 0.25) is 0 Å². The number of hydrogen-bond acceptors (Lipinski definition) is 2. The molecule has 0 radical (unpaired) electrons. The van der Waals surface area contributed by atoms with Gasteiger partial charge in [-0.25, -0.2) is 0 Å². The zero-order valence-corrected chi connectivity index (χ0v) is 8.59. The molecule has 2 unspecified atom stereocenters. The average molecular weight is 242 g/mol. The van der Waals surface area contributed by atoms with Crippen LogP contribution in [0.15, 0.2) is 0 Å². The van der Waals surface area contributed by atoms with E-state index in [9.17, 15) is 4.79 Å². The predicted octanol–water partition coefficient (Wildman–Crippen LogP) is 1.34. The van der Waals surface area contributed by atoms with E-state index in [2.05, 4.69) is 0 Å². The van der Waals surface area contributed by atoms with Crippen molar-refractivity contribution in [3.8, 4) is 0 Å². The number of hydrogen-bond donors (Lipinski definition) is 1. The summed E-state index contributed by atoms with van der Waals surface area (Å²) >= 11 is 4.98. The SMILES string of the molecule is O=C(Cl)C1CCCCC1[Se]O. The standard InChI is InChI=1S/C7H11ClO2Se/c8-7(9)5-3-1-2-4-6(5)11-10/h5-6,10H,1-4H2. The van der Waals surface area contributed by atoms with Crippen molar-refractivity contribution in [3.05, 3.63) is 0 Å². The van der Waals surface area contributed by atoms with E-state index in [1.165, 1.54) is 0 Å². The summed E-state index contributed by atoms with van der Waals surface area (Å²) in [5.74, 6) is -0.0598. The third kappa shape index (κ3) is 2.44. The summed E-state index contributed by atoms with van der Waals surface area (Å²) in [6.45, 7) is 0. The molecular formula is C7H11ClO2Se. The summed E-state index contributed by atoms with van der Waals surface area (Å²) in [6.07, 6.45) is 4.05. The summed E-state index contributed by atoms with van der Waals surface area (Å²) in [6, 6.07) is 0. The van der Waals surface area contributed by atoms with Crippen molar-refractivity contribution >= 4 is 32.1 Å². The fraction of sp³-hybridized carbons (Fsp3) is 0.857. The third-order valence-electron chi connectivity index (χ3n) is 2.13. The zero-order chi connectivity index (χ0) is 8.27. The van der Waals surface area contributed by atoms with Crippen molar-refractivity contribution in [2.75, 3.05) is 0 Å². The van der Waals surface area contributed by atoms with Crippen molar-refractivity contribution in [2.45, 2.75) is 30.5 Å². The Labute approximate surface area is 77.8 Å². The molecule has 0 amide bonds. The number of carbonyl (C=O) groups is 1. The molecule has 1 aliphatic carbocycles. The topological polar surface area (TPSA) is 37.3 Å². The van der Waals surface area contributed by atoms with Crippen LogP contribution in [-0.4, -0.2) is 24.7 Å². The van der Waals surface area contributed by atoms with E-state index in [-0.39, 0.29) is 16.0 Å². The van der Waals surface area contributed by atoms with Gasteiger partial charge >= 0.3 is 77.5 Å². The van der Waals surface area contributed by atoms with Crippen LogP contribution in [0.2, 0.25) is 4.82 Å². The molecule has 1 aliphatic rings. The van der Waals surface area contributed by atoms with Gasteiger partial charge in [0.15, 0.2) is 0 Å². The first-order valence-corrected chi connectivity index (χ1v) is 5.88. The van der Waals surface area contributed by atoms with Crippen LogP contribution in [0.3, 0.4) is 0 Å². The average Bonchev–Trinajstić information content (AvgIpc) is 2.04. The molecule has 0 aromatic rings. The van der Waals surface area contributed by atoms with Gasteiger partial charge in [-0.05, 0) is 0 Å². The van der Waals surface area contributed by atoms with Crippen LogP contribution >= 0.6 is 11.6 Å². The Hall–Kier alpha value is 0.439. The summed E-state index contributed by atoms with van der Waals surface area (Å²) in [5.41, 5.74) is 0. The first-order chi connectivity index (χ1) is 5.25. The maximum absolute atomic E-state index is 10.8. The third-order valence-corrected chi connectivity index (χ3v) is 4.16. The molecule has 1 fully saturated rings. The van der Waals surface area contributed by atoms with Gasteiger partial charge in [0.25, 0.3) is 0 Å². The van der Waals surface area contributed by atoms with Gasteiger partial charge in [-0.2, -0.15) is 0 Å². The molecule has 2 atom stereocenters. The Morgan fingerprint density at radius 2 is 2.09 bits per heavy atom.